The highest BCUT2D eigenvalue weighted by Crippen LogP contribution is 2.20. The van der Waals surface area contributed by atoms with Crippen LogP contribution in [0.25, 0.3) is 11.3 Å². The SMILES string of the molecule is COc1ccc(Cc2cc(-c3ccc(Cl)cc3)n[nH]c2=O)cc1. The summed E-state index contributed by atoms with van der Waals surface area (Å²) in [5.41, 5.74) is 3.13. The average Bonchev–Trinajstić information content (AvgIpc) is 2.58. The molecular weight excluding hydrogens is 312 g/mol. The minimum Gasteiger partial charge on any atom is -0.497 e. The normalized spacial score (nSPS) is 10.5. The molecule has 2 aromatic carbocycles. The lowest BCUT2D eigenvalue weighted by Crippen LogP contribution is -2.15. The van der Waals surface area contributed by atoms with Gasteiger partial charge in [-0.15, -0.1) is 0 Å². The van der Waals surface area contributed by atoms with Crippen molar-refractivity contribution in [1.82, 2.24) is 10.2 Å². The molecule has 23 heavy (non-hydrogen) atoms. The summed E-state index contributed by atoms with van der Waals surface area (Å²) in [7, 11) is 1.63. The Bertz CT molecular complexity index is 855. The number of aromatic nitrogens is 2. The first kappa shape index (κ1) is 15.3. The Labute approximate surface area is 138 Å². The molecular formula is C18H15ClN2O2. The summed E-state index contributed by atoms with van der Waals surface area (Å²) in [5.74, 6) is 0.791. The fraction of sp³-hybridized carbons (Fsp3) is 0.111. The zero-order valence-electron chi connectivity index (χ0n) is 12.5. The van der Waals surface area contributed by atoms with Crippen molar-refractivity contribution in [3.8, 4) is 17.0 Å². The molecule has 0 radical (unpaired) electrons. The predicted octanol–water partition coefficient (Wildman–Crippen LogP) is 3.69. The number of H-pyrrole nitrogens is 1. The molecule has 0 aliphatic rings. The molecule has 1 N–H and O–H groups in total. The summed E-state index contributed by atoms with van der Waals surface area (Å²) in [5, 5.41) is 7.33. The van der Waals surface area contributed by atoms with Gasteiger partial charge >= 0.3 is 0 Å². The van der Waals surface area contributed by atoms with Crippen molar-refractivity contribution in [3.63, 3.8) is 0 Å². The van der Waals surface area contributed by atoms with Gasteiger partial charge in [0.25, 0.3) is 5.56 Å². The van der Waals surface area contributed by atoms with E-state index in [4.69, 9.17) is 16.3 Å². The van der Waals surface area contributed by atoms with E-state index in [-0.39, 0.29) is 5.56 Å². The van der Waals surface area contributed by atoms with Crippen LogP contribution in [0.1, 0.15) is 11.1 Å². The van der Waals surface area contributed by atoms with Crippen LogP contribution in [0.3, 0.4) is 0 Å². The van der Waals surface area contributed by atoms with E-state index in [9.17, 15) is 4.79 Å². The third-order valence-electron chi connectivity index (χ3n) is 3.57. The molecule has 0 unspecified atom stereocenters. The van der Waals surface area contributed by atoms with E-state index in [1.54, 1.807) is 19.2 Å². The summed E-state index contributed by atoms with van der Waals surface area (Å²) in [4.78, 5) is 12.0. The summed E-state index contributed by atoms with van der Waals surface area (Å²) < 4.78 is 5.14. The summed E-state index contributed by atoms with van der Waals surface area (Å²) in [6, 6.07) is 16.8. The Kier molecular flexibility index (Phi) is 4.44. The molecule has 3 rings (SSSR count). The second kappa shape index (κ2) is 6.67. The van der Waals surface area contributed by atoms with Gasteiger partial charge in [0.1, 0.15) is 5.75 Å². The van der Waals surface area contributed by atoms with Crippen LogP contribution in [0, 0.1) is 0 Å². The standard InChI is InChI=1S/C18H15ClN2O2/c1-23-16-8-2-12(3-9-16)10-14-11-17(20-21-18(14)22)13-4-6-15(19)7-5-13/h2-9,11H,10H2,1H3,(H,21,22). The smallest absolute Gasteiger partial charge is 0.267 e. The van der Waals surface area contributed by atoms with Gasteiger partial charge < -0.3 is 4.74 Å². The van der Waals surface area contributed by atoms with Gasteiger partial charge in [-0.05, 0) is 35.9 Å². The van der Waals surface area contributed by atoms with Gasteiger partial charge in [-0.3, -0.25) is 4.79 Å². The van der Waals surface area contributed by atoms with Gasteiger partial charge in [-0.1, -0.05) is 35.9 Å². The zero-order valence-corrected chi connectivity index (χ0v) is 13.3. The van der Waals surface area contributed by atoms with Gasteiger partial charge in [0.15, 0.2) is 0 Å². The molecule has 0 aliphatic heterocycles. The average molecular weight is 327 g/mol. The van der Waals surface area contributed by atoms with E-state index in [1.807, 2.05) is 42.5 Å². The fourth-order valence-electron chi connectivity index (χ4n) is 2.31. The maximum absolute atomic E-state index is 12.0. The molecule has 4 nitrogen and oxygen atoms in total. The minimum atomic E-state index is -0.182. The van der Waals surface area contributed by atoms with E-state index >= 15 is 0 Å². The number of ether oxygens (including phenoxy) is 1. The molecule has 0 atom stereocenters. The lowest BCUT2D eigenvalue weighted by Gasteiger charge is -2.06. The maximum atomic E-state index is 12.0. The highest BCUT2D eigenvalue weighted by atomic mass is 35.5. The van der Waals surface area contributed by atoms with Crippen molar-refractivity contribution in [2.75, 3.05) is 7.11 Å². The first-order valence-electron chi connectivity index (χ1n) is 7.13. The molecule has 0 saturated heterocycles. The van der Waals surface area contributed by atoms with Crippen LogP contribution < -0.4 is 10.3 Å². The third kappa shape index (κ3) is 3.60. The predicted molar refractivity (Wildman–Crippen MR) is 91.1 cm³/mol. The first-order valence-corrected chi connectivity index (χ1v) is 7.51. The summed E-state index contributed by atoms with van der Waals surface area (Å²) >= 11 is 5.90. The Morgan fingerprint density at radius 3 is 2.43 bits per heavy atom. The number of nitrogens with one attached hydrogen (secondary N) is 1. The molecule has 0 saturated carbocycles. The monoisotopic (exact) mass is 326 g/mol. The van der Waals surface area contributed by atoms with Crippen molar-refractivity contribution in [2.45, 2.75) is 6.42 Å². The van der Waals surface area contributed by atoms with E-state index in [1.165, 1.54) is 0 Å². The quantitative estimate of drug-likeness (QED) is 0.795. The second-order valence-electron chi connectivity index (χ2n) is 5.14. The topological polar surface area (TPSA) is 55.0 Å². The Balaban J connectivity index is 1.91. The van der Waals surface area contributed by atoms with Crippen molar-refractivity contribution in [3.05, 3.63) is 81.1 Å². The summed E-state index contributed by atoms with van der Waals surface area (Å²) in [6.07, 6.45) is 0.530. The van der Waals surface area contributed by atoms with Crippen molar-refractivity contribution in [1.29, 1.82) is 0 Å². The van der Waals surface area contributed by atoms with Crippen molar-refractivity contribution < 1.29 is 4.74 Å². The van der Waals surface area contributed by atoms with E-state index in [2.05, 4.69) is 10.2 Å². The number of halogens is 1. The van der Waals surface area contributed by atoms with E-state index < -0.39 is 0 Å². The van der Waals surface area contributed by atoms with Gasteiger partial charge in [0.05, 0.1) is 12.8 Å². The lowest BCUT2D eigenvalue weighted by atomic mass is 10.0. The van der Waals surface area contributed by atoms with Crippen LogP contribution in [0.2, 0.25) is 5.02 Å². The molecule has 0 bridgehead atoms. The Morgan fingerprint density at radius 1 is 1.09 bits per heavy atom. The minimum absolute atomic E-state index is 0.182. The van der Waals surface area contributed by atoms with Crippen molar-refractivity contribution in [2.24, 2.45) is 0 Å². The molecule has 1 heterocycles. The largest absolute Gasteiger partial charge is 0.497 e. The molecule has 0 spiro atoms. The van der Waals surface area contributed by atoms with Crippen LogP contribution in [-0.2, 0) is 6.42 Å². The van der Waals surface area contributed by atoms with E-state index in [0.717, 1.165) is 16.9 Å². The van der Waals surface area contributed by atoms with Crippen molar-refractivity contribution >= 4 is 11.6 Å². The highest BCUT2D eigenvalue weighted by molar-refractivity contribution is 6.30. The van der Waals surface area contributed by atoms with Gasteiger partial charge in [-0.25, -0.2) is 5.10 Å². The number of methoxy groups -OCH3 is 1. The number of nitrogens with zero attached hydrogens (tertiary/aromatic N) is 1. The van der Waals surface area contributed by atoms with Crippen LogP contribution in [-0.4, -0.2) is 17.3 Å². The van der Waals surface area contributed by atoms with E-state index in [0.29, 0.717) is 22.7 Å². The van der Waals surface area contributed by atoms with Crippen LogP contribution in [0.15, 0.2) is 59.4 Å². The molecule has 1 aromatic heterocycles. The number of benzene rings is 2. The number of hydrogen-bond acceptors (Lipinski definition) is 3. The van der Waals surface area contributed by atoms with Gasteiger partial charge in [-0.2, -0.15) is 5.10 Å². The Hall–Kier alpha value is -2.59. The highest BCUT2D eigenvalue weighted by Gasteiger charge is 2.07. The van der Waals surface area contributed by atoms with Crippen LogP contribution in [0.5, 0.6) is 5.75 Å². The maximum Gasteiger partial charge on any atom is 0.267 e. The summed E-state index contributed by atoms with van der Waals surface area (Å²) in [6.45, 7) is 0. The van der Waals surface area contributed by atoms with Gasteiger partial charge in [0, 0.05) is 22.6 Å². The molecule has 3 aromatic rings. The fourth-order valence-corrected chi connectivity index (χ4v) is 2.43. The lowest BCUT2D eigenvalue weighted by molar-refractivity contribution is 0.414. The van der Waals surface area contributed by atoms with Crippen LogP contribution in [0.4, 0.5) is 0 Å². The number of aromatic amines is 1. The molecule has 0 fully saturated rings. The molecule has 116 valence electrons. The number of rotatable bonds is 4. The van der Waals surface area contributed by atoms with Crippen LogP contribution >= 0.6 is 11.6 Å². The Morgan fingerprint density at radius 2 is 1.78 bits per heavy atom. The first-order chi connectivity index (χ1) is 11.2. The second-order valence-corrected chi connectivity index (χ2v) is 5.58. The number of hydrogen-bond donors (Lipinski definition) is 1. The molecule has 0 amide bonds. The van der Waals surface area contributed by atoms with Gasteiger partial charge in [0.2, 0.25) is 0 Å². The third-order valence-corrected chi connectivity index (χ3v) is 3.83. The molecule has 0 aliphatic carbocycles. The molecule has 5 heteroatoms. The zero-order chi connectivity index (χ0) is 16.2.